The van der Waals surface area contributed by atoms with Gasteiger partial charge in [0.05, 0.1) is 4.92 Å². The summed E-state index contributed by atoms with van der Waals surface area (Å²) in [6.07, 6.45) is 4.31. The Balaban J connectivity index is 1.65. The Kier molecular flexibility index (Phi) is 5.85. The van der Waals surface area contributed by atoms with Crippen molar-refractivity contribution >= 4 is 34.6 Å². The number of esters is 1. The van der Waals surface area contributed by atoms with E-state index in [1.165, 1.54) is 53.3 Å². The average molecular weight is 388 g/mol. The number of benzene rings is 1. The summed E-state index contributed by atoms with van der Waals surface area (Å²) in [4.78, 5) is 36.8. The lowest BCUT2D eigenvalue weighted by Gasteiger charge is -2.13. The summed E-state index contributed by atoms with van der Waals surface area (Å²) in [5.74, 6) is -1.16. The van der Waals surface area contributed by atoms with Crippen LogP contribution in [-0.4, -0.2) is 22.9 Å². The van der Waals surface area contributed by atoms with Crippen LogP contribution in [0.25, 0.3) is 0 Å². The maximum absolute atomic E-state index is 12.4. The highest BCUT2D eigenvalue weighted by Gasteiger charge is 2.24. The molecule has 3 rings (SSSR count). The average Bonchev–Trinajstić information content (AvgIpc) is 2.92. The maximum Gasteiger partial charge on any atom is 0.349 e. The molecular formula is C19H20N2O5S. The van der Waals surface area contributed by atoms with Crippen molar-refractivity contribution in [3.8, 4) is 0 Å². The molecule has 1 aliphatic carbocycles. The van der Waals surface area contributed by atoms with Gasteiger partial charge in [-0.2, -0.15) is 0 Å². The van der Waals surface area contributed by atoms with E-state index in [9.17, 15) is 19.7 Å². The Bertz CT molecular complexity index is 853. The largest absolute Gasteiger partial charge is 0.448 e. The van der Waals surface area contributed by atoms with Gasteiger partial charge in [-0.25, -0.2) is 4.79 Å². The summed E-state index contributed by atoms with van der Waals surface area (Å²) in [7, 11) is 0. The molecule has 27 heavy (non-hydrogen) atoms. The predicted molar refractivity (Wildman–Crippen MR) is 102 cm³/mol. The van der Waals surface area contributed by atoms with Crippen LogP contribution in [0.15, 0.2) is 30.3 Å². The number of ether oxygens (including phenoxy) is 1. The number of carbonyl (C=O) groups excluding carboxylic acids is 2. The third-order valence-corrected chi connectivity index (χ3v) is 5.68. The zero-order valence-corrected chi connectivity index (χ0v) is 15.7. The molecule has 1 unspecified atom stereocenters. The number of hydrogen-bond donors (Lipinski definition) is 1. The second-order valence-electron chi connectivity index (χ2n) is 6.43. The molecule has 0 spiro atoms. The van der Waals surface area contributed by atoms with Gasteiger partial charge in [0.25, 0.3) is 11.6 Å². The van der Waals surface area contributed by atoms with E-state index in [2.05, 4.69) is 5.32 Å². The van der Waals surface area contributed by atoms with E-state index in [0.29, 0.717) is 4.88 Å². The van der Waals surface area contributed by atoms with Crippen LogP contribution in [0.4, 0.5) is 11.4 Å². The molecule has 0 radical (unpaired) electrons. The number of thiophene rings is 1. The van der Waals surface area contributed by atoms with Gasteiger partial charge in [-0.3, -0.25) is 14.9 Å². The number of aryl methyl sites for hydroxylation is 2. The van der Waals surface area contributed by atoms with Crippen LogP contribution in [0.1, 0.15) is 46.3 Å². The van der Waals surface area contributed by atoms with Crippen molar-refractivity contribution in [3.63, 3.8) is 0 Å². The van der Waals surface area contributed by atoms with E-state index < -0.39 is 22.9 Å². The molecule has 1 atom stereocenters. The lowest BCUT2D eigenvalue weighted by atomic mass is 10.1. The molecule has 1 aromatic heterocycles. The Hall–Kier alpha value is -2.74. The lowest BCUT2D eigenvalue weighted by Crippen LogP contribution is -2.30. The van der Waals surface area contributed by atoms with Gasteiger partial charge in [-0.1, -0.05) is 18.6 Å². The van der Waals surface area contributed by atoms with E-state index in [1.807, 2.05) is 6.07 Å². The summed E-state index contributed by atoms with van der Waals surface area (Å²) in [5.41, 5.74) is 1.05. The van der Waals surface area contributed by atoms with Gasteiger partial charge in [0.15, 0.2) is 6.10 Å². The van der Waals surface area contributed by atoms with Gasteiger partial charge in [-0.15, -0.1) is 11.3 Å². The summed E-state index contributed by atoms with van der Waals surface area (Å²) in [6.45, 7) is 1.45. The van der Waals surface area contributed by atoms with Crippen LogP contribution in [0, 0.1) is 10.1 Å². The maximum atomic E-state index is 12.4. The molecule has 142 valence electrons. The minimum absolute atomic E-state index is 0.0678. The van der Waals surface area contributed by atoms with Crippen LogP contribution < -0.4 is 5.32 Å². The summed E-state index contributed by atoms with van der Waals surface area (Å²) in [6, 6.07) is 7.68. The minimum atomic E-state index is -1.07. The van der Waals surface area contributed by atoms with Crippen LogP contribution in [0.3, 0.4) is 0 Å². The number of anilines is 1. The Morgan fingerprint density at radius 2 is 1.96 bits per heavy atom. The molecule has 1 aromatic carbocycles. The number of amides is 1. The Morgan fingerprint density at radius 1 is 1.22 bits per heavy atom. The fourth-order valence-corrected chi connectivity index (χ4v) is 4.15. The quantitative estimate of drug-likeness (QED) is 0.360. The van der Waals surface area contributed by atoms with Gasteiger partial charge in [-0.05, 0) is 50.3 Å². The van der Waals surface area contributed by atoms with Crippen molar-refractivity contribution in [2.75, 3.05) is 5.32 Å². The highest BCUT2D eigenvalue weighted by atomic mass is 32.1. The fourth-order valence-electron chi connectivity index (χ4n) is 3.01. The van der Waals surface area contributed by atoms with Crippen molar-refractivity contribution in [1.29, 1.82) is 0 Å². The predicted octanol–water partition coefficient (Wildman–Crippen LogP) is 4.11. The van der Waals surface area contributed by atoms with E-state index >= 15 is 0 Å². The SMILES string of the molecule is CC(OC(=O)c1cc2c(s1)CCCCC2)C(=O)Nc1ccccc1[N+](=O)[O-]. The third-order valence-electron chi connectivity index (χ3n) is 4.46. The molecule has 0 saturated carbocycles. The second-order valence-corrected chi connectivity index (χ2v) is 7.57. The smallest absolute Gasteiger partial charge is 0.349 e. The number of nitro groups is 1. The molecule has 1 heterocycles. The Morgan fingerprint density at radius 3 is 2.74 bits per heavy atom. The normalized spacial score (nSPS) is 14.6. The molecule has 1 aliphatic rings. The zero-order chi connectivity index (χ0) is 19.4. The molecule has 7 nitrogen and oxygen atoms in total. The molecule has 8 heteroatoms. The number of para-hydroxylation sites is 2. The van der Waals surface area contributed by atoms with Crippen molar-refractivity contribution < 1.29 is 19.2 Å². The van der Waals surface area contributed by atoms with Gasteiger partial charge in [0, 0.05) is 10.9 Å². The molecule has 1 N–H and O–H groups in total. The number of nitrogens with zero attached hydrogens (tertiary/aromatic N) is 1. The third kappa shape index (κ3) is 4.51. The van der Waals surface area contributed by atoms with E-state index in [-0.39, 0.29) is 11.4 Å². The first kappa shape index (κ1) is 19.0. The number of carbonyl (C=O) groups is 2. The van der Waals surface area contributed by atoms with Crippen LogP contribution in [-0.2, 0) is 22.4 Å². The monoisotopic (exact) mass is 388 g/mol. The standard InChI is InChI=1S/C19H20N2O5S/c1-12(18(22)20-14-8-5-6-9-15(14)21(24)25)26-19(23)17-11-13-7-3-2-4-10-16(13)27-17/h5-6,8-9,11-12H,2-4,7,10H2,1H3,(H,20,22). The first-order valence-electron chi connectivity index (χ1n) is 8.82. The van der Waals surface area contributed by atoms with Crippen molar-refractivity contribution in [2.45, 2.75) is 45.1 Å². The van der Waals surface area contributed by atoms with Gasteiger partial charge >= 0.3 is 5.97 Å². The van der Waals surface area contributed by atoms with Crippen molar-refractivity contribution in [3.05, 3.63) is 55.8 Å². The minimum Gasteiger partial charge on any atom is -0.448 e. The zero-order valence-electron chi connectivity index (χ0n) is 14.9. The molecule has 0 bridgehead atoms. The topological polar surface area (TPSA) is 98.5 Å². The highest BCUT2D eigenvalue weighted by molar-refractivity contribution is 7.14. The summed E-state index contributed by atoms with van der Waals surface area (Å²) in [5, 5.41) is 13.5. The molecule has 2 aromatic rings. The van der Waals surface area contributed by atoms with Crippen molar-refractivity contribution in [2.24, 2.45) is 0 Å². The summed E-state index contributed by atoms with van der Waals surface area (Å²) < 4.78 is 5.27. The molecule has 0 saturated heterocycles. The molecular weight excluding hydrogens is 368 g/mol. The fraction of sp³-hybridized carbons (Fsp3) is 0.368. The van der Waals surface area contributed by atoms with Gasteiger partial charge in [0.1, 0.15) is 10.6 Å². The number of hydrogen-bond acceptors (Lipinski definition) is 6. The highest BCUT2D eigenvalue weighted by Crippen LogP contribution is 2.29. The van der Waals surface area contributed by atoms with E-state index in [4.69, 9.17) is 4.74 Å². The number of nitro benzene ring substituents is 1. The second kappa shape index (κ2) is 8.30. The summed E-state index contributed by atoms with van der Waals surface area (Å²) >= 11 is 1.43. The lowest BCUT2D eigenvalue weighted by molar-refractivity contribution is -0.383. The van der Waals surface area contributed by atoms with Gasteiger partial charge in [0.2, 0.25) is 0 Å². The first-order valence-corrected chi connectivity index (χ1v) is 9.64. The molecule has 0 aliphatic heterocycles. The van der Waals surface area contributed by atoms with Crippen LogP contribution >= 0.6 is 11.3 Å². The van der Waals surface area contributed by atoms with Crippen molar-refractivity contribution in [1.82, 2.24) is 0 Å². The first-order chi connectivity index (χ1) is 13.0. The number of fused-ring (bicyclic) bond motifs is 1. The van der Waals surface area contributed by atoms with Crippen LogP contribution in [0.5, 0.6) is 0 Å². The van der Waals surface area contributed by atoms with Crippen LogP contribution in [0.2, 0.25) is 0 Å². The number of nitrogens with one attached hydrogen (secondary N) is 1. The van der Waals surface area contributed by atoms with E-state index in [1.54, 1.807) is 6.07 Å². The Labute approximate surface area is 160 Å². The van der Waals surface area contributed by atoms with Gasteiger partial charge < -0.3 is 10.1 Å². The molecule has 0 fully saturated rings. The number of rotatable bonds is 5. The molecule has 1 amide bonds. The van der Waals surface area contributed by atoms with E-state index in [0.717, 1.165) is 25.7 Å².